The monoisotopic (exact) mass is 324 g/mol. The van der Waals surface area contributed by atoms with Crippen LogP contribution >= 0.6 is 15.9 Å². The highest BCUT2D eigenvalue weighted by atomic mass is 79.9. The van der Waals surface area contributed by atoms with E-state index in [1.807, 2.05) is 0 Å². The lowest BCUT2D eigenvalue weighted by Crippen LogP contribution is -2.55. The van der Waals surface area contributed by atoms with Crippen LogP contribution in [0.4, 0.5) is 5.69 Å². The average Bonchev–Trinajstić information content (AvgIpc) is 2.38. The molecule has 0 radical (unpaired) electrons. The first kappa shape index (κ1) is 14.9. The van der Waals surface area contributed by atoms with E-state index in [4.69, 9.17) is 0 Å². The first-order valence-electron chi connectivity index (χ1n) is 7.29. The zero-order valence-electron chi connectivity index (χ0n) is 12.5. The van der Waals surface area contributed by atoms with Gasteiger partial charge in [-0.1, -0.05) is 29.3 Å². The van der Waals surface area contributed by atoms with Crippen molar-refractivity contribution >= 4 is 21.6 Å². The zero-order valence-corrected chi connectivity index (χ0v) is 14.0. The van der Waals surface area contributed by atoms with Crippen molar-refractivity contribution in [2.75, 3.05) is 18.0 Å². The van der Waals surface area contributed by atoms with Crippen LogP contribution in [0.25, 0.3) is 0 Å². The molecule has 2 rings (SSSR count). The number of aryl methyl sites for hydroxylation is 2. The van der Waals surface area contributed by atoms with Crippen LogP contribution in [0, 0.1) is 13.8 Å². The molecule has 2 atom stereocenters. The molecule has 19 heavy (non-hydrogen) atoms. The lowest BCUT2D eigenvalue weighted by molar-refractivity contribution is 0.386. The Kier molecular flexibility index (Phi) is 4.91. The largest absolute Gasteiger partial charge is 0.366 e. The molecule has 3 heteroatoms. The molecular formula is C16H25BrN2. The second-order valence-corrected chi connectivity index (χ2v) is 6.58. The minimum Gasteiger partial charge on any atom is -0.366 e. The summed E-state index contributed by atoms with van der Waals surface area (Å²) in [6, 6.07) is 5.81. The number of piperazine rings is 1. The molecule has 2 unspecified atom stereocenters. The lowest BCUT2D eigenvalue weighted by Gasteiger charge is -2.41. The number of benzene rings is 1. The van der Waals surface area contributed by atoms with Gasteiger partial charge in [0.2, 0.25) is 0 Å². The van der Waals surface area contributed by atoms with Gasteiger partial charge in [0.1, 0.15) is 0 Å². The van der Waals surface area contributed by atoms with Gasteiger partial charge in [-0.2, -0.15) is 0 Å². The van der Waals surface area contributed by atoms with Crippen LogP contribution < -0.4 is 10.2 Å². The Morgan fingerprint density at radius 2 is 1.95 bits per heavy atom. The molecular weight excluding hydrogens is 300 g/mol. The van der Waals surface area contributed by atoms with Crippen LogP contribution in [0.3, 0.4) is 0 Å². The van der Waals surface area contributed by atoms with Gasteiger partial charge in [-0.3, -0.25) is 0 Å². The molecule has 1 aromatic carbocycles. The summed E-state index contributed by atoms with van der Waals surface area (Å²) in [6.45, 7) is 11.1. The Morgan fingerprint density at radius 1 is 1.32 bits per heavy atom. The fraction of sp³-hybridized carbons (Fsp3) is 0.625. The molecule has 0 amide bonds. The number of hydrogen-bond acceptors (Lipinski definition) is 2. The highest BCUT2D eigenvalue weighted by molar-refractivity contribution is 9.10. The standard InChI is InChI=1S/C16H25BrN2/c1-5-6-14-10-19(13(4)9-18-14)15-7-11(2)16(17)12(3)8-15/h7-8,13-14,18H,5-6,9-10H2,1-4H3. The van der Waals surface area contributed by atoms with E-state index in [1.165, 1.54) is 34.1 Å². The number of nitrogens with zero attached hydrogens (tertiary/aromatic N) is 1. The molecule has 0 saturated carbocycles. The summed E-state index contributed by atoms with van der Waals surface area (Å²) < 4.78 is 1.24. The minimum atomic E-state index is 0.563. The molecule has 0 aliphatic carbocycles. The Labute approximate surface area is 125 Å². The van der Waals surface area contributed by atoms with Gasteiger partial charge in [-0.15, -0.1) is 0 Å². The van der Waals surface area contributed by atoms with Crippen molar-refractivity contribution < 1.29 is 0 Å². The molecule has 1 aliphatic heterocycles. The quantitative estimate of drug-likeness (QED) is 0.902. The van der Waals surface area contributed by atoms with Crippen LogP contribution in [0.2, 0.25) is 0 Å². The third-order valence-corrected chi connectivity index (χ3v) is 5.29. The maximum absolute atomic E-state index is 3.66. The van der Waals surface area contributed by atoms with Crippen LogP contribution in [-0.4, -0.2) is 25.2 Å². The third-order valence-electron chi connectivity index (χ3n) is 4.04. The topological polar surface area (TPSA) is 15.3 Å². The summed E-state index contributed by atoms with van der Waals surface area (Å²) in [5, 5.41) is 3.66. The zero-order chi connectivity index (χ0) is 14.0. The molecule has 2 nitrogen and oxygen atoms in total. The second-order valence-electron chi connectivity index (χ2n) is 5.79. The van der Waals surface area contributed by atoms with Crippen molar-refractivity contribution in [3.8, 4) is 0 Å². The van der Waals surface area contributed by atoms with Crippen molar-refractivity contribution in [2.45, 2.75) is 52.6 Å². The number of rotatable bonds is 3. The highest BCUT2D eigenvalue weighted by Crippen LogP contribution is 2.29. The number of halogens is 1. The Bertz CT molecular complexity index is 421. The molecule has 0 aromatic heterocycles. The van der Waals surface area contributed by atoms with Gasteiger partial charge in [-0.05, 0) is 50.5 Å². The Morgan fingerprint density at radius 3 is 2.53 bits per heavy atom. The van der Waals surface area contributed by atoms with Gasteiger partial charge >= 0.3 is 0 Å². The van der Waals surface area contributed by atoms with E-state index in [0.29, 0.717) is 12.1 Å². The van der Waals surface area contributed by atoms with E-state index in [1.54, 1.807) is 0 Å². The lowest BCUT2D eigenvalue weighted by atomic mass is 10.0. The predicted molar refractivity (Wildman–Crippen MR) is 87.1 cm³/mol. The molecule has 106 valence electrons. The van der Waals surface area contributed by atoms with Gasteiger partial charge in [0.05, 0.1) is 0 Å². The third kappa shape index (κ3) is 3.32. The van der Waals surface area contributed by atoms with E-state index in [-0.39, 0.29) is 0 Å². The smallest absolute Gasteiger partial charge is 0.0387 e. The molecule has 1 fully saturated rings. The van der Waals surface area contributed by atoms with E-state index in [9.17, 15) is 0 Å². The SMILES string of the molecule is CCCC1CN(c2cc(C)c(Br)c(C)c2)C(C)CN1. The van der Waals surface area contributed by atoms with Crippen molar-refractivity contribution in [1.29, 1.82) is 0 Å². The molecule has 1 saturated heterocycles. The number of hydrogen-bond donors (Lipinski definition) is 1. The fourth-order valence-electron chi connectivity index (χ4n) is 2.92. The van der Waals surface area contributed by atoms with Crippen molar-refractivity contribution in [2.24, 2.45) is 0 Å². The molecule has 0 bridgehead atoms. The summed E-state index contributed by atoms with van der Waals surface area (Å²) in [5.41, 5.74) is 4.02. The summed E-state index contributed by atoms with van der Waals surface area (Å²) in [4.78, 5) is 2.56. The molecule has 1 aromatic rings. The Balaban J connectivity index is 2.23. The Hall–Kier alpha value is -0.540. The maximum atomic E-state index is 3.66. The van der Waals surface area contributed by atoms with Crippen molar-refractivity contribution in [1.82, 2.24) is 5.32 Å². The van der Waals surface area contributed by atoms with Crippen LogP contribution in [-0.2, 0) is 0 Å². The van der Waals surface area contributed by atoms with Crippen molar-refractivity contribution in [3.63, 3.8) is 0 Å². The van der Waals surface area contributed by atoms with Crippen LogP contribution in [0.1, 0.15) is 37.8 Å². The van der Waals surface area contributed by atoms with Crippen molar-refractivity contribution in [3.05, 3.63) is 27.7 Å². The first-order valence-corrected chi connectivity index (χ1v) is 8.09. The van der Waals surface area contributed by atoms with Gasteiger partial charge < -0.3 is 10.2 Å². The number of nitrogens with one attached hydrogen (secondary N) is 1. The normalized spacial score (nSPS) is 23.7. The van der Waals surface area contributed by atoms with Crippen LogP contribution in [0.15, 0.2) is 16.6 Å². The number of anilines is 1. The van der Waals surface area contributed by atoms with E-state index in [2.05, 4.69) is 66.0 Å². The summed E-state index contributed by atoms with van der Waals surface area (Å²) in [7, 11) is 0. The molecule has 0 spiro atoms. The molecule has 1 heterocycles. The summed E-state index contributed by atoms with van der Waals surface area (Å²) in [6.07, 6.45) is 2.51. The fourth-order valence-corrected chi connectivity index (χ4v) is 3.15. The second kappa shape index (κ2) is 6.27. The van der Waals surface area contributed by atoms with Gasteiger partial charge in [0.25, 0.3) is 0 Å². The van der Waals surface area contributed by atoms with Crippen LogP contribution in [0.5, 0.6) is 0 Å². The predicted octanol–water partition coefficient (Wildman–Crippen LogP) is 4.03. The highest BCUT2D eigenvalue weighted by Gasteiger charge is 2.25. The summed E-state index contributed by atoms with van der Waals surface area (Å²) >= 11 is 3.66. The van der Waals surface area contributed by atoms with Gasteiger partial charge in [0, 0.05) is 35.3 Å². The molecule has 1 N–H and O–H groups in total. The maximum Gasteiger partial charge on any atom is 0.0387 e. The van der Waals surface area contributed by atoms with Gasteiger partial charge in [-0.25, -0.2) is 0 Å². The van der Waals surface area contributed by atoms with E-state index in [0.717, 1.165) is 13.1 Å². The average molecular weight is 325 g/mol. The summed E-state index contributed by atoms with van der Waals surface area (Å²) in [5.74, 6) is 0. The molecule has 1 aliphatic rings. The first-order chi connectivity index (χ1) is 9.02. The van der Waals surface area contributed by atoms with Gasteiger partial charge in [0.15, 0.2) is 0 Å². The minimum absolute atomic E-state index is 0.563. The van der Waals surface area contributed by atoms with E-state index < -0.39 is 0 Å². The van der Waals surface area contributed by atoms with E-state index >= 15 is 0 Å².